The summed E-state index contributed by atoms with van der Waals surface area (Å²) in [6.45, 7) is 2.67. The highest BCUT2D eigenvalue weighted by molar-refractivity contribution is 6.33. The number of piperidine rings is 1. The highest BCUT2D eigenvalue weighted by Crippen LogP contribution is 2.26. The molecule has 0 spiro atoms. The van der Waals surface area contributed by atoms with Gasteiger partial charge in [-0.2, -0.15) is 0 Å². The molecule has 20 heavy (non-hydrogen) atoms. The lowest BCUT2D eigenvalue weighted by atomic mass is 9.99. The summed E-state index contributed by atoms with van der Waals surface area (Å²) >= 11 is 6.06. The molecule has 1 saturated heterocycles. The van der Waals surface area contributed by atoms with Crippen LogP contribution in [-0.2, 0) is 4.79 Å². The average molecular weight is 297 g/mol. The van der Waals surface area contributed by atoms with Crippen molar-refractivity contribution >= 4 is 29.3 Å². The molecule has 1 unspecified atom stereocenters. The summed E-state index contributed by atoms with van der Waals surface area (Å²) in [5.74, 6) is -1.33. The molecule has 0 bridgehead atoms. The number of rotatable bonds is 2. The third-order valence-electron chi connectivity index (χ3n) is 3.51. The molecular weight excluding hydrogens is 280 g/mol. The maximum atomic E-state index is 12.2. The van der Waals surface area contributed by atoms with Gasteiger partial charge in [-0.25, -0.2) is 4.79 Å². The smallest absolute Gasteiger partial charge is 0.321 e. The molecule has 2 amide bonds. The van der Waals surface area contributed by atoms with E-state index in [0.717, 1.165) is 5.56 Å². The van der Waals surface area contributed by atoms with Crippen molar-refractivity contribution < 1.29 is 14.7 Å². The van der Waals surface area contributed by atoms with Crippen LogP contribution in [0, 0.1) is 12.8 Å². The first-order valence-electron chi connectivity index (χ1n) is 6.53. The number of aryl methyl sites for hydroxylation is 1. The van der Waals surface area contributed by atoms with Crippen molar-refractivity contribution in [3.8, 4) is 0 Å². The Morgan fingerprint density at radius 1 is 1.45 bits per heavy atom. The number of halogens is 1. The van der Waals surface area contributed by atoms with Gasteiger partial charge in [0.2, 0.25) is 0 Å². The fourth-order valence-corrected chi connectivity index (χ4v) is 2.61. The molecule has 1 atom stereocenters. The van der Waals surface area contributed by atoms with Gasteiger partial charge in [0.25, 0.3) is 0 Å². The van der Waals surface area contributed by atoms with Crippen molar-refractivity contribution in [1.29, 1.82) is 0 Å². The second-order valence-electron chi connectivity index (χ2n) is 4.99. The van der Waals surface area contributed by atoms with Gasteiger partial charge in [0.1, 0.15) is 0 Å². The van der Waals surface area contributed by atoms with Crippen molar-refractivity contribution in [3.05, 3.63) is 28.8 Å². The van der Waals surface area contributed by atoms with Crippen molar-refractivity contribution in [2.24, 2.45) is 5.92 Å². The number of nitrogens with one attached hydrogen (secondary N) is 1. The van der Waals surface area contributed by atoms with Crippen LogP contribution < -0.4 is 5.32 Å². The summed E-state index contributed by atoms with van der Waals surface area (Å²) in [7, 11) is 0. The number of carbonyl (C=O) groups excluding carboxylic acids is 1. The second-order valence-corrected chi connectivity index (χ2v) is 5.39. The van der Waals surface area contributed by atoms with Crippen LogP contribution in [-0.4, -0.2) is 35.1 Å². The van der Waals surface area contributed by atoms with E-state index in [1.807, 2.05) is 19.1 Å². The lowest BCUT2D eigenvalue weighted by Crippen LogP contribution is -2.44. The van der Waals surface area contributed by atoms with E-state index < -0.39 is 11.9 Å². The molecule has 6 heteroatoms. The molecule has 108 valence electrons. The van der Waals surface area contributed by atoms with Crippen LogP contribution >= 0.6 is 11.6 Å². The summed E-state index contributed by atoms with van der Waals surface area (Å²) in [6.07, 6.45) is 1.32. The predicted molar refractivity (Wildman–Crippen MR) is 77.1 cm³/mol. The molecule has 5 nitrogen and oxygen atoms in total. The number of para-hydroxylation sites is 1. The van der Waals surface area contributed by atoms with Gasteiger partial charge < -0.3 is 15.3 Å². The number of aliphatic carboxylic acids is 1. The van der Waals surface area contributed by atoms with E-state index in [1.165, 1.54) is 4.90 Å². The van der Waals surface area contributed by atoms with Gasteiger partial charge in [0.05, 0.1) is 16.6 Å². The maximum Gasteiger partial charge on any atom is 0.321 e. The number of hydrogen-bond donors (Lipinski definition) is 2. The standard InChI is InChI=1S/C14H17ClN2O3/c1-9-4-2-6-11(15)12(9)16-14(20)17-7-3-5-10(8-17)13(18)19/h2,4,6,10H,3,5,7-8H2,1H3,(H,16,20)(H,18,19). The first kappa shape index (κ1) is 14.7. The predicted octanol–water partition coefficient (Wildman–Crippen LogP) is 2.98. The molecule has 0 radical (unpaired) electrons. The average Bonchev–Trinajstić information content (AvgIpc) is 2.43. The van der Waals surface area contributed by atoms with Crippen LogP contribution in [0.4, 0.5) is 10.5 Å². The fraction of sp³-hybridized carbons (Fsp3) is 0.429. The van der Waals surface area contributed by atoms with Gasteiger partial charge in [0, 0.05) is 13.1 Å². The number of hydrogen-bond acceptors (Lipinski definition) is 2. The Morgan fingerprint density at radius 2 is 2.20 bits per heavy atom. The van der Waals surface area contributed by atoms with E-state index in [1.54, 1.807) is 6.07 Å². The van der Waals surface area contributed by atoms with E-state index in [0.29, 0.717) is 30.1 Å². The third-order valence-corrected chi connectivity index (χ3v) is 3.83. The topological polar surface area (TPSA) is 69.6 Å². The largest absolute Gasteiger partial charge is 0.481 e. The van der Waals surface area contributed by atoms with Crippen molar-refractivity contribution in [1.82, 2.24) is 4.90 Å². The number of carboxylic acid groups (broad SMARTS) is 1. The van der Waals surface area contributed by atoms with E-state index in [9.17, 15) is 9.59 Å². The maximum absolute atomic E-state index is 12.2. The minimum absolute atomic E-state index is 0.241. The molecule has 1 aromatic rings. The summed E-state index contributed by atoms with van der Waals surface area (Å²) in [5, 5.41) is 12.3. The van der Waals surface area contributed by atoms with Gasteiger partial charge in [-0.1, -0.05) is 23.7 Å². The van der Waals surface area contributed by atoms with Gasteiger partial charge in [-0.15, -0.1) is 0 Å². The molecule has 2 N–H and O–H groups in total. The Kier molecular flexibility index (Phi) is 4.49. The van der Waals surface area contributed by atoms with Crippen LogP contribution in [0.2, 0.25) is 5.02 Å². The number of anilines is 1. The zero-order chi connectivity index (χ0) is 14.7. The summed E-state index contributed by atoms with van der Waals surface area (Å²) < 4.78 is 0. The van der Waals surface area contributed by atoms with Crippen LogP contribution in [0.15, 0.2) is 18.2 Å². The molecule has 1 aliphatic rings. The number of benzene rings is 1. The lowest BCUT2D eigenvalue weighted by Gasteiger charge is -2.31. The van der Waals surface area contributed by atoms with Crippen LogP contribution in [0.25, 0.3) is 0 Å². The molecule has 0 aliphatic carbocycles. The molecule has 1 aliphatic heterocycles. The Bertz CT molecular complexity index is 513. The molecular formula is C14H17ClN2O3. The summed E-state index contributed by atoms with van der Waals surface area (Å²) in [6, 6.07) is 5.08. The van der Waals surface area contributed by atoms with Crippen LogP contribution in [0.3, 0.4) is 0 Å². The van der Waals surface area contributed by atoms with E-state index in [4.69, 9.17) is 16.7 Å². The summed E-state index contributed by atoms with van der Waals surface area (Å²) in [4.78, 5) is 24.7. The molecule has 0 saturated carbocycles. The molecule has 0 aromatic heterocycles. The number of carboxylic acids is 1. The quantitative estimate of drug-likeness (QED) is 0.881. The van der Waals surface area contributed by atoms with Gasteiger partial charge >= 0.3 is 12.0 Å². The zero-order valence-electron chi connectivity index (χ0n) is 11.2. The van der Waals surface area contributed by atoms with Crippen molar-refractivity contribution in [2.45, 2.75) is 19.8 Å². The van der Waals surface area contributed by atoms with E-state index >= 15 is 0 Å². The molecule has 1 aromatic carbocycles. The normalized spacial score (nSPS) is 18.7. The van der Waals surface area contributed by atoms with Crippen molar-refractivity contribution in [3.63, 3.8) is 0 Å². The Hall–Kier alpha value is -1.75. The van der Waals surface area contributed by atoms with Gasteiger partial charge in [-0.3, -0.25) is 4.79 Å². The Morgan fingerprint density at radius 3 is 2.85 bits per heavy atom. The van der Waals surface area contributed by atoms with Crippen LogP contribution in [0.1, 0.15) is 18.4 Å². The van der Waals surface area contributed by atoms with Gasteiger partial charge in [-0.05, 0) is 31.4 Å². The lowest BCUT2D eigenvalue weighted by molar-refractivity contribution is -0.143. The number of likely N-dealkylation sites (tertiary alicyclic amines) is 1. The van der Waals surface area contributed by atoms with E-state index in [-0.39, 0.29) is 12.6 Å². The highest BCUT2D eigenvalue weighted by Gasteiger charge is 2.28. The first-order chi connectivity index (χ1) is 9.49. The minimum atomic E-state index is -0.851. The molecule has 2 rings (SSSR count). The summed E-state index contributed by atoms with van der Waals surface area (Å²) in [5.41, 5.74) is 1.45. The van der Waals surface area contributed by atoms with Gasteiger partial charge in [0.15, 0.2) is 0 Å². The minimum Gasteiger partial charge on any atom is -0.481 e. The fourth-order valence-electron chi connectivity index (χ4n) is 2.34. The number of carbonyl (C=O) groups is 2. The van der Waals surface area contributed by atoms with Crippen molar-refractivity contribution in [2.75, 3.05) is 18.4 Å². The van der Waals surface area contributed by atoms with Crippen LogP contribution in [0.5, 0.6) is 0 Å². The zero-order valence-corrected chi connectivity index (χ0v) is 12.0. The van der Waals surface area contributed by atoms with E-state index in [2.05, 4.69) is 5.32 Å². The number of amides is 2. The Balaban J connectivity index is 2.06. The molecule has 1 fully saturated rings. The Labute approximate surface area is 122 Å². The number of urea groups is 1. The highest BCUT2D eigenvalue weighted by atomic mass is 35.5. The molecule has 1 heterocycles. The number of nitrogens with zero attached hydrogens (tertiary/aromatic N) is 1. The SMILES string of the molecule is Cc1cccc(Cl)c1NC(=O)N1CCCC(C(=O)O)C1. The first-order valence-corrected chi connectivity index (χ1v) is 6.90. The second kappa shape index (κ2) is 6.13. The third kappa shape index (κ3) is 3.22. The monoisotopic (exact) mass is 296 g/mol.